The molecular formula is C14H32O7P3+. The van der Waals surface area contributed by atoms with Crippen LogP contribution >= 0.6 is 23.0 Å². The van der Waals surface area contributed by atoms with Gasteiger partial charge in [-0.25, -0.2) is 0 Å². The van der Waals surface area contributed by atoms with Crippen LogP contribution in [0, 0.1) is 0 Å². The van der Waals surface area contributed by atoms with Crippen LogP contribution in [0.25, 0.3) is 0 Å². The van der Waals surface area contributed by atoms with E-state index in [-0.39, 0.29) is 36.2 Å². The van der Waals surface area contributed by atoms with Gasteiger partial charge in [-0.05, 0) is 55.4 Å². The molecule has 0 rings (SSSR count). The van der Waals surface area contributed by atoms with Crippen molar-refractivity contribution in [1.82, 2.24) is 0 Å². The van der Waals surface area contributed by atoms with Crippen LogP contribution in [0.2, 0.25) is 0 Å². The van der Waals surface area contributed by atoms with Crippen LogP contribution in [0.3, 0.4) is 0 Å². The SMILES string of the molecule is CC(C)OP(=O)(C[P+](=O)CP(=O)(OC(C)C)OC(C)C)OC(C)C. The molecule has 0 heterocycles. The molecule has 0 spiro atoms. The molecule has 0 bridgehead atoms. The molecule has 7 nitrogen and oxygen atoms in total. The van der Waals surface area contributed by atoms with Crippen LogP contribution in [-0.4, -0.2) is 36.2 Å². The van der Waals surface area contributed by atoms with Gasteiger partial charge in [0.25, 0.3) is 0 Å². The third kappa shape index (κ3) is 11.1. The van der Waals surface area contributed by atoms with Gasteiger partial charge < -0.3 is 18.1 Å². The van der Waals surface area contributed by atoms with E-state index < -0.39 is 23.0 Å². The molecule has 24 heavy (non-hydrogen) atoms. The van der Waals surface area contributed by atoms with Crippen molar-refractivity contribution in [3.63, 3.8) is 0 Å². The summed E-state index contributed by atoms with van der Waals surface area (Å²) in [6, 6.07) is 0. The van der Waals surface area contributed by atoms with Crippen molar-refractivity contribution in [3.05, 3.63) is 0 Å². The Kier molecular flexibility index (Phi) is 10.7. The second-order valence-corrected chi connectivity index (χ2v) is 13.1. The van der Waals surface area contributed by atoms with E-state index in [4.69, 9.17) is 18.1 Å². The van der Waals surface area contributed by atoms with Gasteiger partial charge in [-0.2, -0.15) is 0 Å². The molecule has 0 aromatic carbocycles. The lowest BCUT2D eigenvalue weighted by Crippen LogP contribution is -2.11. The van der Waals surface area contributed by atoms with Gasteiger partial charge in [0.1, 0.15) is 0 Å². The minimum Gasteiger partial charge on any atom is -0.303 e. The third-order valence-corrected chi connectivity index (χ3v) is 10.4. The van der Waals surface area contributed by atoms with E-state index in [0.29, 0.717) is 0 Å². The predicted molar refractivity (Wildman–Crippen MR) is 97.4 cm³/mol. The second kappa shape index (κ2) is 10.5. The molecule has 0 aliphatic heterocycles. The minimum atomic E-state index is -3.56. The van der Waals surface area contributed by atoms with Gasteiger partial charge in [0, 0.05) is 0 Å². The van der Waals surface area contributed by atoms with Gasteiger partial charge in [-0.1, -0.05) is 4.57 Å². The summed E-state index contributed by atoms with van der Waals surface area (Å²) in [6.45, 7) is 13.8. The molecule has 0 aromatic heterocycles. The fraction of sp³-hybridized carbons (Fsp3) is 1.00. The zero-order valence-corrected chi connectivity index (χ0v) is 18.6. The van der Waals surface area contributed by atoms with E-state index >= 15 is 0 Å². The van der Waals surface area contributed by atoms with Gasteiger partial charge in [0.15, 0.2) is 0 Å². The lowest BCUT2D eigenvalue weighted by Gasteiger charge is -2.21. The predicted octanol–water partition coefficient (Wildman–Crippen LogP) is 5.82. The largest absolute Gasteiger partial charge is 0.378 e. The molecule has 0 aromatic rings. The molecule has 0 fully saturated rings. The average molecular weight is 405 g/mol. The van der Waals surface area contributed by atoms with Crippen LogP contribution < -0.4 is 0 Å². The minimum absolute atomic E-state index is 0.314. The summed E-state index contributed by atoms with van der Waals surface area (Å²) < 4.78 is 59.5. The molecule has 0 aliphatic rings. The molecule has 0 N–H and O–H groups in total. The van der Waals surface area contributed by atoms with Crippen molar-refractivity contribution in [2.24, 2.45) is 0 Å². The van der Waals surface area contributed by atoms with Gasteiger partial charge >= 0.3 is 23.0 Å². The monoisotopic (exact) mass is 405 g/mol. The molecule has 0 aliphatic carbocycles. The summed E-state index contributed by atoms with van der Waals surface area (Å²) in [7, 11) is -9.27. The zero-order valence-electron chi connectivity index (χ0n) is 15.9. The molecule has 0 saturated carbocycles. The summed E-state index contributed by atoms with van der Waals surface area (Å²) in [5.41, 5.74) is 0. The smallest absolute Gasteiger partial charge is 0.303 e. The summed E-state index contributed by atoms with van der Waals surface area (Å²) in [4.78, 5) is 0. The van der Waals surface area contributed by atoms with Gasteiger partial charge in [0.05, 0.1) is 24.4 Å². The lowest BCUT2D eigenvalue weighted by molar-refractivity contribution is 0.145. The Labute approximate surface area is 147 Å². The van der Waals surface area contributed by atoms with Crippen LogP contribution in [0.4, 0.5) is 0 Å². The normalized spacial score (nSPS) is 13.5. The van der Waals surface area contributed by atoms with Crippen LogP contribution in [0.5, 0.6) is 0 Å². The molecular weight excluding hydrogens is 373 g/mol. The number of hydrogen-bond donors (Lipinski definition) is 0. The number of hydrogen-bond acceptors (Lipinski definition) is 7. The summed E-state index contributed by atoms with van der Waals surface area (Å²) in [5.74, 6) is -0.628. The third-order valence-electron chi connectivity index (χ3n) is 2.15. The Bertz CT molecular complexity index is 419. The summed E-state index contributed by atoms with van der Waals surface area (Å²) >= 11 is 0. The zero-order chi connectivity index (χ0) is 19.1. The van der Waals surface area contributed by atoms with Crippen LogP contribution in [0.15, 0.2) is 0 Å². The highest BCUT2D eigenvalue weighted by Gasteiger charge is 2.44. The standard InChI is InChI=1S/C14H32O7P3/c1-11(2)18-23(16,19-12(3)4)9-22(15)10-24(17,20-13(5)6)21-14(7)8/h11-14H,9-10H2,1-8H3/q+1. The van der Waals surface area contributed by atoms with Crippen molar-refractivity contribution < 1.29 is 31.8 Å². The maximum atomic E-state index is 12.8. The van der Waals surface area contributed by atoms with Crippen LogP contribution in [0.1, 0.15) is 55.4 Å². The first-order valence-corrected chi connectivity index (χ1v) is 13.2. The molecule has 0 saturated heterocycles. The van der Waals surface area contributed by atoms with E-state index in [1.54, 1.807) is 55.4 Å². The van der Waals surface area contributed by atoms with Crippen molar-refractivity contribution in [2.45, 2.75) is 79.8 Å². The topological polar surface area (TPSA) is 88.1 Å². The van der Waals surface area contributed by atoms with E-state index in [1.165, 1.54) is 0 Å². The lowest BCUT2D eigenvalue weighted by atomic mass is 10.5. The fourth-order valence-corrected chi connectivity index (χ4v) is 9.89. The van der Waals surface area contributed by atoms with Gasteiger partial charge in [-0.3, -0.25) is 9.13 Å². The van der Waals surface area contributed by atoms with Crippen molar-refractivity contribution >= 4 is 23.0 Å². The molecule has 10 heteroatoms. The first-order chi connectivity index (χ1) is 10.8. The fourth-order valence-electron chi connectivity index (χ4n) is 1.90. The highest BCUT2D eigenvalue weighted by molar-refractivity contribution is 7.74. The quantitative estimate of drug-likeness (QED) is 0.378. The van der Waals surface area contributed by atoms with E-state index in [1.807, 2.05) is 0 Å². The molecule has 0 unspecified atom stereocenters. The summed E-state index contributed by atoms with van der Waals surface area (Å²) in [6.07, 6.45) is -1.38. The molecule has 0 atom stereocenters. The Hall–Kier alpha value is 0.400. The average Bonchev–Trinajstić information content (AvgIpc) is 2.20. The summed E-state index contributed by atoms with van der Waals surface area (Å²) in [5, 5.41) is 0. The molecule has 144 valence electrons. The Balaban J connectivity index is 5.14. The Morgan fingerprint density at radius 3 is 1.00 bits per heavy atom. The molecule has 0 amide bonds. The molecule has 0 radical (unpaired) electrons. The van der Waals surface area contributed by atoms with Gasteiger partial charge in [0.2, 0.25) is 11.8 Å². The first-order valence-electron chi connectivity index (χ1n) is 8.10. The van der Waals surface area contributed by atoms with E-state index in [0.717, 1.165) is 0 Å². The maximum absolute atomic E-state index is 12.8. The highest BCUT2D eigenvalue weighted by atomic mass is 31.2. The highest BCUT2D eigenvalue weighted by Crippen LogP contribution is 2.62. The van der Waals surface area contributed by atoms with E-state index in [9.17, 15) is 13.7 Å². The van der Waals surface area contributed by atoms with Crippen LogP contribution in [-0.2, 0) is 31.8 Å². The number of rotatable bonds is 12. The maximum Gasteiger partial charge on any atom is 0.378 e. The Morgan fingerprint density at radius 2 is 0.833 bits per heavy atom. The van der Waals surface area contributed by atoms with Crippen molar-refractivity contribution in [3.8, 4) is 0 Å². The van der Waals surface area contributed by atoms with E-state index in [2.05, 4.69) is 0 Å². The second-order valence-electron chi connectivity index (χ2n) is 6.60. The van der Waals surface area contributed by atoms with Crippen molar-refractivity contribution in [2.75, 3.05) is 11.8 Å². The van der Waals surface area contributed by atoms with Gasteiger partial charge in [-0.15, -0.1) is 0 Å². The van der Waals surface area contributed by atoms with Crippen molar-refractivity contribution in [1.29, 1.82) is 0 Å². The first kappa shape index (κ1) is 24.4. The Morgan fingerprint density at radius 1 is 0.625 bits per heavy atom.